The molecule has 0 aromatic rings. The maximum atomic E-state index is 12.5. The minimum absolute atomic E-state index is 0.0827. The molecule has 2 heterocycles. The topological polar surface area (TPSA) is 44.4 Å². The number of piperidine rings is 1. The number of carbonyl (C=O) groups is 1. The quantitative estimate of drug-likeness (QED) is 0.777. The van der Waals surface area contributed by atoms with Crippen molar-refractivity contribution in [3.8, 4) is 0 Å². The van der Waals surface area contributed by atoms with E-state index in [1.165, 1.54) is 19.3 Å². The Morgan fingerprint density at radius 2 is 2.16 bits per heavy atom. The monoisotopic (exact) mass is 265 g/mol. The van der Waals surface area contributed by atoms with E-state index in [-0.39, 0.29) is 11.9 Å². The zero-order chi connectivity index (χ0) is 13.4. The van der Waals surface area contributed by atoms with Crippen molar-refractivity contribution in [3.05, 3.63) is 0 Å². The van der Waals surface area contributed by atoms with E-state index in [9.17, 15) is 4.79 Å². The smallest absolute Gasteiger partial charge is 0.237 e. The Labute approximate surface area is 116 Å². The summed E-state index contributed by atoms with van der Waals surface area (Å²) in [5.74, 6) is 2.17. The molecule has 19 heavy (non-hydrogen) atoms. The van der Waals surface area contributed by atoms with Gasteiger partial charge in [-0.1, -0.05) is 13.3 Å². The van der Waals surface area contributed by atoms with Crippen molar-refractivity contribution >= 4 is 5.91 Å². The molecule has 0 aromatic heterocycles. The van der Waals surface area contributed by atoms with Gasteiger partial charge < -0.3 is 15.5 Å². The average molecular weight is 265 g/mol. The molecule has 3 rings (SSSR count). The fourth-order valence-corrected chi connectivity index (χ4v) is 4.32. The first-order valence-electron chi connectivity index (χ1n) is 7.87. The van der Waals surface area contributed by atoms with E-state index in [0.717, 1.165) is 32.0 Å². The molecule has 2 N–H and O–H groups in total. The standard InChI is InChI=1S/C15H27N3O/c1-10-9-18(2)7-6-13(10)17-15(19)14-12-5-3-4-11(12)8-16-14/h10-14,16H,3-9H2,1-2H3,(H,17,19). The third-order valence-corrected chi connectivity index (χ3v) is 5.46. The van der Waals surface area contributed by atoms with E-state index in [1.807, 2.05) is 0 Å². The van der Waals surface area contributed by atoms with E-state index in [2.05, 4.69) is 29.5 Å². The molecule has 1 aliphatic carbocycles. The van der Waals surface area contributed by atoms with Crippen LogP contribution >= 0.6 is 0 Å². The molecule has 1 amide bonds. The van der Waals surface area contributed by atoms with E-state index in [0.29, 0.717) is 17.9 Å². The van der Waals surface area contributed by atoms with Gasteiger partial charge in [0.25, 0.3) is 0 Å². The molecule has 4 nitrogen and oxygen atoms in total. The fraction of sp³-hybridized carbons (Fsp3) is 0.933. The van der Waals surface area contributed by atoms with Crippen LogP contribution in [-0.4, -0.2) is 49.6 Å². The molecule has 2 saturated heterocycles. The largest absolute Gasteiger partial charge is 0.352 e. The van der Waals surface area contributed by atoms with E-state index >= 15 is 0 Å². The first-order valence-corrected chi connectivity index (χ1v) is 7.87. The highest BCUT2D eigenvalue weighted by atomic mass is 16.2. The van der Waals surface area contributed by atoms with Crippen LogP contribution in [0, 0.1) is 17.8 Å². The molecular formula is C15H27N3O. The van der Waals surface area contributed by atoms with Gasteiger partial charge in [0.2, 0.25) is 5.91 Å². The highest BCUT2D eigenvalue weighted by Crippen LogP contribution is 2.37. The van der Waals surface area contributed by atoms with Crippen LogP contribution in [0.1, 0.15) is 32.6 Å². The lowest BCUT2D eigenvalue weighted by molar-refractivity contribution is -0.125. The molecular weight excluding hydrogens is 238 g/mol. The summed E-state index contributed by atoms with van der Waals surface area (Å²) in [6, 6.07) is 0.449. The molecule has 5 atom stereocenters. The van der Waals surface area contributed by atoms with E-state index in [4.69, 9.17) is 0 Å². The second-order valence-electron chi connectivity index (χ2n) is 6.88. The normalized spacial score (nSPS) is 43.2. The van der Waals surface area contributed by atoms with Gasteiger partial charge >= 0.3 is 0 Å². The number of hydrogen-bond acceptors (Lipinski definition) is 3. The van der Waals surface area contributed by atoms with Crippen LogP contribution in [0.2, 0.25) is 0 Å². The second-order valence-corrected chi connectivity index (χ2v) is 6.88. The van der Waals surface area contributed by atoms with Crippen molar-refractivity contribution < 1.29 is 4.79 Å². The van der Waals surface area contributed by atoms with Crippen LogP contribution in [0.15, 0.2) is 0 Å². The maximum absolute atomic E-state index is 12.5. The van der Waals surface area contributed by atoms with Crippen LogP contribution < -0.4 is 10.6 Å². The van der Waals surface area contributed by atoms with Gasteiger partial charge in [-0.3, -0.25) is 4.79 Å². The van der Waals surface area contributed by atoms with Crippen LogP contribution in [0.25, 0.3) is 0 Å². The molecule has 4 heteroatoms. The maximum Gasteiger partial charge on any atom is 0.237 e. The number of nitrogens with zero attached hydrogens (tertiary/aromatic N) is 1. The lowest BCUT2D eigenvalue weighted by atomic mass is 9.91. The number of hydrogen-bond donors (Lipinski definition) is 2. The van der Waals surface area contributed by atoms with E-state index in [1.54, 1.807) is 0 Å². The summed E-state index contributed by atoms with van der Waals surface area (Å²) in [7, 11) is 2.16. The summed E-state index contributed by atoms with van der Waals surface area (Å²) in [5, 5.41) is 6.76. The minimum atomic E-state index is 0.0827. The third kappa shape index (κ3) is 2.65. The summed E-state index contributed by atoms with van der Waals surface area (Å²) in [6.45, 7) is 5.49. The Morgan fingerprint density at radius 3 is 2.95 bits per heavy atom. The zero-order valence-electron chi connectivity index (χ0n) is 12.2. The number of likely N-dealkylation sites (tertiary alicyclic amines) is 1. The Hall–Kier alpha value is -0.610. The van der Waals surface area contributed by atoms with Crippen LogP contribution in [-0.2, 0) is 4.79 Å². The number of rotatable bonds is 2. The zero-order valence-corrected chi connectivity index (χ0v) is 12.2. The minimum Gasteiger partial charge on any atom is -0.352 e. The van der Waals surface area contributed by atoms with Crippen LogP contribution in [0.5, 0.6) is 0 Å². The SMILES string of the molecule is CC1CN(C)CCC1NC(=O)C1NCC2CCCC21. The summed E-state index contributed by atoms with van der Waals surface area (Å²) in [5.41, 5.74) is 0. The van der Waals surface area contributed by atoms with Crippen molar-refractivity contribution in [2.45, 2.75) is 44.7 Å². The summed E-state index contributed by atoms with van der Waals surface area (Å²) >= 11 is 0. The molecule has 3 aliphatic rings. The van der Waals surface area contributed by atoms with Gasteiger partial charge in [0.05, 0.1) is 6.04 Å². The predicted molar refractivity (Wildman–Crippen MR) is 75.8 cm³/mol. The number of amides is 1. The predicted octanol–water partition coefficient (Wildman–Crippen LogP) is 0.831. The Kier molecular flexibility index (Phi) is 3.81. The molecule has 3 fully saturated rings. The highest BCUT2D eigenvalue weighted by Gasteiger charge is 2.43. The summed E-state index contributed by atoms with van der Waals surface area (Å²) in [6.07, 6.45) is 4.94. The van der Waals surface area contributed by atoms with Crippen molar-refractivity contribution in [1.29, 1.82) is 0 Å². The van der Waals surface area contributed by atoms with Gasteiger partial charge in [-0.2, -0.15) is 0 Å². The Bertz CT molecular complexity index is 346. The molecule has 0 radical (unpaired) electrons. The van der Waals surface area contributed by atoms with Gasteiger partial charge in [-0.15, -0.1) is 0 Å². The first kappa shape index (κ1) is 13.4. The average Bonchev–Trinajstić information content (AvgIpc) is 2.94. The molecule has 1 saturated carbocycles. The fourth-order valence-electron chi connectivity index (χ4n) is 4.32. The number of nitrogens with one attached hydrogen (secondary N) is 2. The van der Waals surface area contributed by atoms with Gasteiger partial charge in [-0.05, 0) is 57.2 Å². The lowest BCUT2D eigenvalue weighted by Gasteiger charge is -2.36. The third-order valence-electron chi connectivity index (χ3n) is 5.46. The molecule has 0 spiro atoms. The molecule has 0 aromatic carbocycles. The van der Waals surface area contributed by atoms with Gasteiger partial charge in [0, 0.05) is 12.6 Å². The van der Waals surface area contributed by atoms with Crippen LogP contribution in [0.3, 0.4) is 0 Å². The van der Waals surface area contributed by atoms with Gasteiger partial charge in [-0.25, -0.2) is 0 Å². The van der Waals surface area contributed by atoms with Crippen molar-refractivity contribution in [2.24, 2.45) is 17.8 Å². The number of fused-ring (bicyclic) bond motifs is 1. The molecule has 0 bridgehead atoms. The summed E-state index contributed by atoms with van der Waals surface area (Å²) in [4.78, 5) is 14.9. The van der Waals surface area contributed by atoms with Crippen LogP contribution in [0.4, 0.5) is 0 Å². The molecule has 2 aliphatic heterocycles. The highest BCUT2D eigenvalue weighted by molar-refractivity contribution is 5.83. The van der Waals surface area contributed by atoms with E-state index < -0.39 is 0 Å². The summed E-state index contributed by atoms with van der Waals surface area (Å²) < 4.78 is 0. The number of carbonyl (C=O) groups excluding carboxylic acids is 1. The first-order chi connectivity index (χ1) is 9.15. The second kappa shape index (κ2) is 5.41. The van der Waals surface area contributed by atoms with Crippen molar-refractivity contribution in [2.75, 3.05) is 26.7 Å². The Balaban J connectivity index is 1.56. The van der Waals surface area contributed by atoms with Crippen molar-refractivity contribution in [3.63, 3.8) is 0 Å². The molecule has 5 unspecified atom stereocenters. The van der Waals surface area contributed by atoms with Crippen molar-refractivity contribution in [1.82, 2.24) is 15.5 Å². The van der Waals surface area contributed by atoms with Gasteiger partial charge in [0.1, 0.15) is 0 Å². The molecule has 108 valence electrons. The lowest BCUT2D eigenvalue weighted by Crippen LogP contribution is -2.53. The van der Waals surface area contributed by atoms with Gasteiger partial charge in [0.15, 0.2) is 0 Å². The Morgan fingerprint density at radius 1 is 1.32 bits per heavy atom.